The van der Waals surface area contributed by atoms with Crippen LogP contribution in [0.25, 0.3) is 0 Å². The molecule has 2 rings (SSSR count). The second kappa shape index (κ2) is 3.14. The van der Waals surface area contributed by atoms with Crippen LogP contribution in [0.5, 0.6) is 0 Å². The van der Waals surface area contributed by atoms with E-state index in [0.29, 0.717) is 5.92 Å². The molecule has 1 heterocycles. The summed E-state index contributed by atoms with van der Waals surface area (Å²) in [6.07, 6.45) is 3.11. The molecule has 0 spiro atoms. The van der Waals surface area contributed by atoms with E-state index in [-0.39, 0.29) is 6.04 Å². The van der Waals surface area contributed by atoms with Gasteiger partial charge in [-0.25, -0.2) is 0 Å². The van der Waals surface area contributed by atoms with Crippen molar-refractivity contribution in [3.8, 4) is 0 Å². The maximum atomic E-state index is 6.15. The van der Waals surface area contributed by atoms with E-state index >= 15 is 0 Å². The first-order chi connectivity index (χ1) is 6.24. The van der Waals surface area contributed by atoms with Crippen LogP contribution in [0.1, 0.15) is 32.0 Å². The van der Waals surface area contributed by atoms with Crippen molar-refractivity contribution in [2.24, 2.45) is 17.6 Å². The fraction of sp³-hybridized carbons (Fsp3) is 0.700. The van der Waals surface area contributed by atoms with Gasteiger partial charge >= 0.3 is 0 Å². The van der Waals surface area contributed by atoms with Crippen LogP contribution in [-0.2, 0) is 6.54 Å². The highest BCUT2D eigenvalue weighted by molar-refractivity contribution is 5.11. The Kier molecular flexibility index (Phi) is 2.12. The van der Waals surface area contributed by atoms with Gasteiger partial charge in [0.15, 0.2) is 0 Å². The normalized spacial score (nSPS) is 28.8. The monoisotopic (exact) mass is 179 g/mol. The van der Waals surface area contributed by atoms with Crippen LogP contribution in [0.2, 0.25) is 0 Å². The third-order valence-corrected chi connectivity index (χ3v) is 3.02. The van der Waals surface area contributed by atoms with Crippen LogP contribution >= 0.6 is 0 Å². The van der Waals surface area contributed by atoms with Crippen LogP contribution in [0.3, 0.4) is 0 Å². The van der Waals surface area contributed by atoms with Gasteiger partial charge in [-0.15, -0.1) is 0 Å². The zero-order valence-corrected chi connectivity index (χ0v) is 8.27. The molecule has 0 aromatic carbocycles. The van der Waals surface area contributed by atoms with E-state index in [0.717, 1.165) is 12.5 Å². The molecule has 1 saturated carbocycles. The fourth-order valence-electron chi connectivity index (χ4n) is 1.96. The number of aromatic nitrogens is 2. The molecule has 1 aromatic heterocycles. The summed E-state index contributed by atoms with van der Waals surface area (Å²) in [6.45, 7) is 5.27. The molecule has 72 valence electrons. The Morgan fingerprint density at radius 3 is 3.00 bits per heavy atom. The van der Waals surface area contributed by atoms with Gasteiger partial charge < -0.3 is 5.73 Å². The van der Waals surface area contributed by atoms with Gasteiger partial charge in [-0.3, -0.25) is 4.68 Å². The molecule has 3 atom stereocenters. The lowest BCUT2D eigenvalue weighted by atomic mass is 10.1. The van der Waals surface area contributed by atoms with E-state index in [2.05, 4.69) is 18.9 Å². The lowest BCUT2D eigenvalue weighted by molar-refractivity contribution is 0.517. The Hall–Kier alpha value is -0.830. The highest BCUT2D eigenvalue weighted by atomic mass is 15.3. The number of hydrogen-bond acceptors (Lipinski definition) is 2. The molecule has 3 unspecified atom stereocenters. The van der Waals surface area contributed by atoms with Crippen molar-refractivity contribution in [2.45, 2.75) is 32.9 Å². The third-order valence-electron chi connectivity index (χ3n) is 3.02. The first-order valence-corrected chi connectivity index (χ1v) is 5.01. The Morgan fingerprint density at radius 1 is 1.77 bits per heavy atom. The smallest absolute Gasteiger partial charge is 0.0554 e. The predicted octanol–water partition coefficient (Wildman–Crippen LogP) is 1.56. The summed E-state index contributed by atoms with van der Waals surface area (Å²) in [5, 5.41) is 4.23. The molecule has 3 heteroatoms. The van der Waals surface area contributed by atoms with Crippen molar-refractivity contribution in [1.82, 2.24) is 9.78 Å². The van der Waals surface area contributed by atoms with E-state index in [4.69, 9.17) is 5.73 Å². The van der Waals surface area contributed by atoms with Crippen molar-refractivity contribution in [3.05, 3.63) is 18.0 Å². The van der Waals surface area contributed by atoms with Crippen molar-refractivity contribution < 1.29 is 0 Å². The van der Waals surface area contributed by atoms with Crippen molar-refractivity contribution in [3.63, 3.8) is 0 Å². The van der Waals surface area contributed by atoms with Crippen LogP contribution in [0.15, 0.2) is 12.3 Å². The Morgan fingerprint density at radius 2 is 2.46 bits per heavy atom. The standard InChI is InChI=1S/C10H17N3/c1-3-13-9(4-5-12-13)10(11)8-6-7(8)2/h4-5,7-8,10H,3,6,11H2,1-2H3. The fourth-order valence-corrected chi connectivity index (χ4v) is 1.96. The molecule has 0 saturated heterocycles. The van der Waals surface area contributed by atoms with Gasteiger partial charge in [0, 0.05) is 18.8 Å². The first kappa shape index (κ1) is 8.75. The van der Waals surface area contributed by atoms with E-state index in [9.17, 15) is 0 Å². The number of nitrogens with zero attached hydrogens (tertiary/aromatic N) is 2. The lowest BCUT2D eigenvalue weighted by Gasteiger charge is -2.12. The third kappa shape index (κ3) is 1.48. The zero-order chi connectivity index (χ0) is 9.42. The number of nitrogens with two attached hydrogens (primary N) is 1. The summed E-state index contributed by atoms with van der Waals surface area (Å²) < 4.78 is 2.00. The molecular weight excluding hydrogens is 162 g/mol. The van der Waals surface area contributed by atoms with Crippen LogP contribution in [0.4, 0.5) is 0 Å². The summed E-state index contributed by atoms with van der Waals surface area (Å²) in [5.74, 6) is 1.48. The van der Waals surface area contributed by atoms with E-state index in [1.54, 1.807) is 0 Å². The van der Waals surface area contributed by atoms with E-state index in [1.165, 1.54) is 12.1 Å². The summed E-state index contributed by atoms with van der Waals surface area (Å²) in [5.41, 5.74) is 7.34. The zero-order valence-electron chi connectivity index (χ0n) is 8.27. The summed E-state index contributed by atoms with van der Waals surface area (Å²) >= 11 is 0. The maximum absolute atomic E-state index is 6.15. The van der Waals surface area contributed by atoms with Gasteiger partial charge in [0.2, 0.25) is 0 Å². The predicted molar refractivity (Wildman–Crippen MR) is 52.1 cm³/mol. The molecule has 0 radical (unpaired) electrons. The molecule has 13 heavy (non-hydrogen) atoms. The quantitative estimate of drug-likeness (QED) is 0.765. The molecule has 3 nitrogen and oxygen atoms in total. The second-order valence-corrected chi connectivity index (χ2v) is 3.97. The molecule has 2 N–H and O–H groups in total. The SMILES string of the molecule is CCn1nccc1C(N)C1CC1C. The Labute approximate surface area is 78.9 Å². The van der Waals surface area contributed by atoms with Crippen molar-refractivity contribution in [2.75, 3.05) is 0 Å². The second-order valence-electron chi connectivity index (χ2n) is 3.97. The molecule has 1 aliphatic rings. The highest BCUT2D eigenvalue weighted by Crippen LogP contribution is 2.45. The maximum Gasteiger partial charge on any atom is 0.0554 e. The molecule has 0 bridgehead atoms. The molecular formula is C10H17N3. The van der Waals surface area contributed by atoms with Gasteiger partial charge in [0.05, 0.1) is 5.69 Å². The van der Waals surface area contributed by atoms with Crippen LogP contribution in [0, 0.1) is 11.8 Å². The summed E-state index contributed by atoms with van der Waals surface area (Å²) in [6, 6.07) is 2.23. The lowest BCUT2D eigenvalue weighted by Crippen LogP contribution is -2.18. The van der Waals surface area contributed by atoms with Crippen LogP contribution in [-0.4, -0.2) is 9.78 Å². The average Bonchev–Trinajstić information content (AvgIpc) is 2.70. The molecule has 0 amide bonds. The van der Waals surface area contributed by atoms with Crippen molar-refractivity contribution >= 4 is 0 Å². The van der Waals surface area contributed by atoms with Crippen LogP contribution < -0.4 is 5.73 Å². The molecule has 1 fully saturated rings. The van der Waals surface area contributed by atoms with E-state index < -0.39 is 0 Å². The Bertz CT molecular complexity index is 292. The van der Waals surface area contributed by atoms with E-state index in [1.807, 2.05) is 16.9 Å². The van der Waals surface area contributed by atoms with Gasteiger partial charge in [0.25, 0.3) is 0 Å². The van der Waals surface area contributed by atoms with Gasteiger partial charge in [-0.1, -0.05) is 6.92 Å². The minimum absolute atomic E-state index is 0.192. The topological polar surface area (TPSA) is 43.8 Å². The molecule has 1 aliphatic carbocycles. The number of rotatable bonds is 3. The first-order valence-electron chi connectivity index (χ1n) is 5.01. The summed E-state index contributed by atoms with van der Waals surface area (Å²) in [7, 11) is 0. The van der Waals surface area contributed by atoms with Gasteiger partial charge in [-0.2, -0.15) is 5.10 Å². The van der Waals surface area contributed by atoms with Crippen molar-refractivity contribution in [1.29, 1.82) is 0 Å². The Balaban J connectivity index is 2.15. The number of aryl methyl sites for hydroxylation is 1. The summed E-state index contributed by atoms with van der Waals surface area (Å²) in [4.78, 5) is 0. The largest absolute Gasteiger partial charge is 0.322 e. The van der Waals surface area contributed by atoms with Gasteiger partial charge in [-0.05, 0) is 31.2 Å². The van der Waals surface area contributed by atoms with Gasteiger partial charge in [0.1, 0.15) is 0 Å². The minimum Gasteiger partial charge on any atom is -0.322 e. The average molecular weight is 179 g/mol. The number of hydrogen-bond donors (Lipinski definition) is 1. The molecule has 0 aliphatic heterocycles. The minimum atomic E-state index is 0.192. The highest BCUT2D eigenvalue weighted by Gasteiger charge is 2.39. The molecule has 1 aromatic rings.